The first-order valence-electron chi connectivity index (χ1n) is 8.90. The van der Waals surface area contributed by atoms with Gasteiger partial charge in [-0.25, -0.2) is 0 Å². The Morgan fingerprint density at radius 2 is 1.67 bits per heavy atom. The molecule has 0 N–H and O–H groups in total. The quantitative estimate of drug-likeness (QED) is 0.383. The highest BCUT2D eigenvalue weighted by molar-refractivity contribution is 8.27. The fourth-order valence-corrected chi connectivity index (χ4v) is 4.49. The molecule has 4 rings (SSSR count). The summed E-state index contributed by atoms with van der Waals surface area (Å²) in [6, 6.07) is 22.3. The second kappa shape index (κ2) is 7.29. The lowest BCUT2D eigenvalue weighted by Gasteiger charge is -2.17. The Hall–Kier alpha value is -2.43. The van der Waals surface area contributed by atoms with Gasteiger partial charge >= 0.3 is 0 Å². The van der Waals surface area contributed by atoms with Crippen molar-refractivity contribution in [2.45, 2.75) is 19.8 Å². The van der Waals surface area contributed by atoms with Crippen LogP contribution in [0.1, 0.15) is 30.9 Å². The second-order valence-electron chi connectivity index (χ2n) is 6.84. The fraction of sp³-hybridized carbons (Fsp3) is 0.130. The highest BCUT2D eigenvalue weighted by Gasteiger charge is 2.34. The van der Waals surface area contributed by atoms with Gasteiger partial charge in [0.2, 0.25) is 0 Å². The van der Waals surface area contributed by atoms with E-state index < -0.39 is 0 Å². The zero-order valence-corrected chi connectivity index (χ0v) is 16.8. The highest BCUT2D eigenvalue weighted by Crippen LogP contribution is 2.38. The first-order valence-corrected chi connectivity index (χ1v) is 10.1. The summed E-state index contributed by atoms with van der Waals surface area (Å²) in [4.78, 5) is 15.4. The van der Waals surface area contributed by atoms with Gasteiger partial charge in [0.25, 0.3) is 5.91 Å². The largest absolute Gasteiger partial charge is 0.270 e. The summed E-state index contributed by atoms with van der Waals surface area (Å²) in [6.45, 7) is 4.34. The number of carbonyl (C=O) groups is 1. The third-order valence-corrected chi connectivity index (χ3v) is 6.00. The molecule has 134 valence electrons. The van der Waals surface area contributed by atoms with Crippen molar-refractivity contribution >= 4 is 56.7 Å². The third kappa shape index (κ3) is 3.43. The Kier molecular flexibility index (Phi) is 4.85. The van der Waals surface area contributed by atoms with Gasteiger partial charge in [0.05, 0.1) is 10.6 Å². The number of amides is 1. The molecule has 0 saturated carbocycles. The molecule has 1 aliphatic heterocycles. The summed E-state index contributed by atoms with van der Waals surface area (Å²) in [7, 11) is 0. The predicted octanol–water partition coefficient (Wildman–Crippen LogP) is 6.37. The molecule has 0 radical (unpaired) electrons. The first kappa shape index (κ1) is 18.0. The maximum Gasteiger partial charge on any atom is 0.270 e. The third-order valence-electron chi connectivity index (χ3n) is 4.70. The summed E-state index contributed by atoms with van der Waals surface area (Å²) in [5, 5.41) is 2.12. The van der Waals surface area contributed by atoms with E-state index in [0.29, 0.717) is 15.1 Å². The van der Waals surface area contributed by atoms with Crippen molar-refractivity contribution in [3.8, 4) is 0 Å². The Morgan fingerprint density at radius 3 is 2.41 bits per heavy atom. The van der Waals surface area contributed by atoms with Crippen LogP contribution in [-0.4, -0.2) is 10.2 Å². The highest BCUT2D eigenvalue weighted by atomic mass is 32.2. The Balaban J connectivity index is 1.69. The zero-order valence-electron chi connectivity index (χ0n) is 15.2. The number of carbonyl (C=O) groups excluding carboxylic acids is 1. The van der Waals surface area contributed by atoms with Crippen LogP contribution in [0.5, 0.6) is 0 Å². The maximum absolute atomic E-state index is 13.1. The van der Waals surface area contributed by atoms with E-state index in [9.17, 15) is 4.79 Å². The molecular weight excluding hydrogens is 370 g/mol. The van der Waals surface area contributed by atoms with E-state index in [1.807, 2.05) is 48.5 Å². The minimum absolute atomic E-state index is 0.0608. The Labute approximate surface area is 168 Å². The molecule has 0 atom stereocenters. The number of anilines is 1. The van der Waals surface area contributed by atoms with E-state index >= 15 is 0 Å². The van der Waals surface area contributed by atoms with Gasteiger partial charge in [0.1, 0.15) is 0 Å². The minimum Gasteiger partial charge on any atom is -0.268 e. The molecule has 0 aromatic heterocycles. The van der Waals surface area contributed by atoms with Crippen LogP contribution in [0, 0.1) is 0 Å². The monoisotopic (exact) mass is 389 g/mol. The Morgan fingerprint density at radius 1 is 0.963 bits per heavy atom. The smallest absolute Gasteiger partial charge is 0.268 e. The van der Waals surface area contributed by atoms with Gasteiger partial charge in [-0.2, -0.15) is 0 Å². The number of benzene rings is 3. The van der Waals surface area contributed by atoms with Gasteiger partial charge < -0.3 is 0 Å². The molecule has 27 heavy (non-hydrogen) atoms. The van der Waals surface area contributed by atoms with Gasteiger partial charge in [-0.3, -0.25) is 9.69 Å². The number of thioether (sulfide) groups is 1. The number of fused-ring (bicyclic) bond motifs is 1. The second-order valence-corrected chi connectivity index (χ2v) is 8.51. The van der Waals surface area contributed by atoms with E-state index in [-0.39, 0.29) is 5.91 Å². The molecule has 4 heteroatoms. The van der Waals surface area contributed by atoms with Gasteiger partial charge in [-0.15, -0.1) is 0 Å². The molecule has 1 fully saturated rings. The van der Waals surface area contributed by atoms with Crippen molar-refractivity contribution in [3.05, 3.63) is 82.8 Å². The average molecular weight is 390 g/mol. The van der Waals surface area contributed by atoms with Crippen LogP contribution in [0.2, 0.25) is 0 Å². The van der Waals surface area contributed by atoms with Crippen LogP contribution < -0.4 is 4.90 Å². The summed E-state index contributed by atoms with van der Waals surface area (Å²) >= 11 is 6.90. The van der Waals surface area contributed by atoms with Crippen molar-refractivity contribution in [3.63, 3.8) is 0 Å². The van der Waals surface area contributed by atoms with E-state index in [0.717, 1.165) is 22.0 Å². The number of rotatable bonds is 3. The molecule has 2 nitrogen and oxygen atoms in total. The number of hydrogen-bond donors (Lipinski definition) is 0. The molecular formula is C23H19NOS2. The van der Waals surface area contributed by atoms with Crippen molar-refractivity contribution in [1.82, 2.24) is 0 Å². The van der Waals surface area contributed by atoms with Crippen molar-refractivity contribution < 1.29 is 4.79 Å². The average Bonchev–Trinajstić information content (AvgIpc) is 2.95. The number of hydrogen-bond acceptors (Lipinski definition) is 3. The van der Waals surface area contributed by atoms with E-state index in [2.05, 4.69) is 38.1 Å². The molecule has 1 aliphatic rings. The lowest BCUT2D eigenvalue weighted by molar-refractivity contribution is -0.113. The van der Waals surface area contributed by atoms with Gasteiger partial charge in [0, 0.05) is 5.39 Å². The van der Waals surface area contributed by atoms with Gasteiger partial charge in [0.15, 0.2) is 4.32 Å². The lowest BCUT2D eigenvalue weighted by atomic mass is 10.0. The molecule has 1 saturated heterocycles. The van der Waals surface area contributed by atoms with Crippen LogP contribution in [0.4, 0.5) is 5.69 Å². The van der Waals surface area contributed by atoms with Crippen molar-refractivity contribution in [2.75, 3.05) is 4.90 Å². The summed E-state index contributed by atoms with van der Waals surface area (Å²) in [6.07, 6.45) is 1.93. The maximum atomic E-state index is 13.1. The molecule has 1 amide bonds. The molecule has 3 aromatic rings. The summed E-state index contributed by atoms with van der Waals surface area (Å²) in [5.74, 6) is 0.429. The standard InChI is InChI=1S/C23H19NOS2/c1-15(2)17-12-10-16(11-13-17)14-21-22(25)24(23(26)27-21)20-9-5-7-18-6-3-4-8-19(18)20/h3-15H,1-2H3/b21-14-. The van der Waals surface area contributed by atoms with Gasteiger partial charge in [-0.05, 0) is 34.6 Å². The predicted molar refractivity (Wildman–Crippen MR) is 120 cm³/mol. The van der Waals surface area contributed by atoms with E-state index in [4.69, 9.17) is 12.2 Å². The molecule has 1 heterocycles. The zero-order chi connectivity index (χ0) is 19.0. The Bertz CT molecular complexity index is 1060. The number of thiocarbonyl (C=S) groups is 1. The van der Waals surface area contributed by atoms with Crippen LogP contribution in [0.15, 0.2) is 71.6 Å². The summed E-state index contributed by atoms with van der Waals surface area (Å²) in [5.41, 5.74) is 3.14. The molecule has 0 unspecified atom stereocenters. The topological polar surface area (TPSA) is 20.3 Å². The van der Waals surface area contributed by atoms with Crippen molar-refractivity contribution in [2.24, 2.45) is 0 Å². The van der Waals surface area contributed by atoms with Gasteiger partial charge in [-0.1, -0.05) is 98.5 Å². The SMILES string of the molecule is CC(C)c1ccc(/C=C2\SC(=S)N(c3cccc4ccccc34)C2=O)cc1. The van der Waals surface area contributed by atoms with Crippen LogP contribution in [0.25, 0.3) is 16.8 Å². The normalized spacial score (nSPS) is 16.1. The molecule has 0 aliphatic carbocycles. The van der Waals surface area contributed by atoms with Crippen LogP contribution in [-0.2, 0) is 4.79 Å². The van der Waals surface area contributed by atoms with E-state index in [1.54, 1.807) is 4.90 Å². The molecule has 0 spiro atoms. The lowest BCUT2D eigenvalue weighted by Crippen LogP contribution is -2.27. The van der Waals surface area contributed by atoms with E-state index in [1.165, 1.54) is 17.3 Å². The number of nitrogens with zero attached hydrogens (tertiary/aromatic N) is 1. The molecule has 3 aromatic carbocycles. The summed E-state index contributed by atoms with van der Waals surface area (Å²) < 4.78 is 0.571. The van der Waals surface area contributed by atoms with Crippen molar-refractivity contribution in [1.29, 1.82) is 0 Å². The fourth-order valence-electron chi connectivity index (χ4n) is 3.21. The van der Waals surface area contributed by atoms with Crippen LogP contribution in [0.3, 0.4) is 0 Å². The minimum atomic E-state index is -0.0608. The first-order chi connectivity index (χ1) is 13.0. The van der Waals surface area contributed by atoms with Crippen LogP contribution >= 0.6 is 24.0 Å². The molecule has 0 bridgehead atoms.